The Morgan fingerprint density at radius 3 is 1.31 bits per heavy atom. The summed E-state index contributed by atoms with van der Waals surface area (Å²) >= 11 is 0. The molecular weight excluding hydrogens is 711 g/mol. The van der Waals surface area contributed by atoms with E-state index in [1.165, 1.54) is 94.3 Å². The molecule has 0 aromatic heterocycles. The standard InChI is InChI=1S/C58H45N/c1-57(2)52-22-14-13-19-46(52)47-33-27-42(35-53(47)57)43-28-34-48-51-37-55(49-20-11-12-21-50(49)56(51)58(3,4)54(48)36-43)59(44-29-23-40(24-30-44)38-15-7-5-8-16-38)45-31-25-41(26-32-45)39-17-9-6-10-18-39/h5-37H,1-4H3. The molecule has 2 aliphatic carbocycles. The van der Waals surface area contributed by atoms with Crippen LogP contribution >= 0.6 is 0 Å². The van der Waals surface area contributed by atoms with Crippen molar-refractivity contribution in [2.75, 3.05) is 4.90 Å². The topological polar surface area (TPSA) is 3.24 Å². The molecule has 0 atom stereocenters. The molecule has 9 aromatic carbocycles. The molecule has 1 nitrogen and oxygen atoms in total. The maximum Gasteiger partial charge on any atom is 0.0546 e. The highest BCUT2D eigenvalue weighted by Crippen LogP contribution is 2.56. The van der Waals surface area contributed by atoms with Gasteiger partial charge in [0.15, 0.2) is 0 Å². The summed E-state index contributed by atoms with van der Waals surface area (Å²) in [7, 11) is 0. The zero-order valence-corrected chi connectivity index (χ0v) is 34.0. The molecule has 0 unspecified atom stereocenters. The largest absolute Gasteiger partial charge is 0.310 e. The third kappa shape index (κ3) is 5.53. The van der Waals surface area contributed by atoms with Crippen molar-refractivity contribution in [3.05, 3.63) is 222 Å². The van der Waals surface area contributed by atoms with E-state index in [0.717, 1.165) is 11.4 Å². The van der Waals surface area contributed by atoms with Gasteiger partial charge in [-0.1, -0.05) is 185 Å². The first kappa shape index (κ1) is 35.2. The molecule has 0 amide bonds. The van der Waals surface area contributed by atoms with Crippen LogP contribution in [0.3, 0.4) is 0 Å². The van der Waals surface area contributed by atoms with Crippen molar-refractivity contribution in [1.82, 2.24) is 0 Å². The van der Waals surface area contributed by atoms with Gasteiger partial charge in [0.25, 0.3) is 0 Å². The average molecular weight is 756 g/mol. The number of fused-ring (bicyclic) bond motifs is 8. The van der Waals surface area contributed by atoms with Gasteiger partial charge in [-0.05, 0) is 126 Å². The Morgan fingerprint density at radius 1 is 0.305 bits per heavy atom. The fourth-order valence-electron chi connectivity index (χ4n) is 10.2. The first-order valence-corrected chi connectivity index (χ1v) is 20.8. The second-order valence-corrected chi connectivity index (χ2v) is 17.3. The van der Waals surface area contributed by atoms with Gasteiger partial charge < -0.3 is 4.90 Å². The first-order chi connectivity index (χ1) is 28.8. The summed E-state index contributed by atoms with van der Waals surface area (Å²) in [5.41, 5.74) is 21.5. The van der Waals surface area contributed by atoms with Crippen LogP contribution < -0.4 is 4.90 Å². The molecule has 9 aromatic rings. The molecule has 1 heteroatoms. The summed E-state index contributed by atoms with van der Waals surface area (Å²) in [4.78, 5) is 2.45. The van der Waals surface area contributed by atoms with E-state index in [1.807, 2.05) is 0 Å². The summed E-state index contributed by atoms with van der Waals surface area (Å²) in [6, 6.07) is 74.1. The van der Waals surface area contributed by atoms with Crippen LogP contribution in [0.15, 0.2) is 200 Å². The van der Waals surface area contributed by atoms with Gasteiger partial charge in [0, 0.05) is 27.6 Å². The number of rotatable bonds is 6. The van der Waals surface area contributed by atoms with E-state index in [2.05, 4.69) is 233 Å². The van der Waals surface area contributed by atoms with Crippen molar-refractivity contribution in [2.24, 2.45) is 0 Å². The molecule has 0 N–H and O–H groups in total. The highest BCUT2D eigenvalue weighted by atomic mass is 15.1. The Kier molecular flexibility index (Phi) is 7.94. The molecule has 11 rings (SSSR count). The zero-order valence-electron chi connectivity index (χ0n) is 34.0. The molecule has 0 fully saturated rings. The lowest BCUT2D eigenvalue weighted by molar-refractivity contribution is 0.660. The van der Waals surface area contributed by atoms with Crippen molar-refractivity contribution in [2.45, 2.75) is 38.5 Å². The van der Waals surface area contributed by atoms with Crippen LogP contribution in [-0.4, -0.2) is 0 Å². The molecule has 0 saturated heterocycles. The maximum atomic E-state index is 2.48. The van der Waals surface area contributed by atoms with E-state index in [1.54, 1.807) is 0 Å². The average Bonchev–Trinajstić information content (AvgIpc) is 3.66. The molecule has 0 saturated carbocycles. The fourth-order valence-corrected chi connectivity index (χ4v) is 10.2. The lowest BCUT2D eigenvalue weighted by Gasteiger charge is -2.30. The van der Waals surface area contributed by atoms with Gasteiger partial charge in [-0.3, -0.25) is 0 Å². The molecule has 0 heterocycles. The van der Waals surface area contributed by atoms with E-state index >= 15 is 0 Å². The van der Waals surface area contributed by atoms with E-state index in [9.17, 15) is 0 Å². The van der Waals surface area contributed by atoms with Crippen molar-refractivity contribution in [1.29, 1.82) is 0 Å². The lowest BCUT2D eigenvalue weighted by Crippen LogP contribution is -2.17. The first-order valence-electron chi connectivity index (χ1n) is 20.8. The molecule has 0 bridgehead atoms. The second kappa shape index (κ2) is 13.3. The summed E-state index contributed by atoms with van der Waals surface area (Å²) < 4.78 is 0. The molecular formula is C58H45N. The third-order valence-electron chi connectivity index (χ3n) is 13.3. The number of hydrogen-bond acceptors (Lipinski definition) is 1. The van der Waals surface area contributed by atoms with Crippen molar-refractivity contribution >= 4 is 27.8 Å². The van der Waals surface area contributed by atoms with Gasteiger partial charge >= 0.3 is 0 Å². The Morgan fingerprint density at radius 2 is 0.729 bits per heavy atom. The van der Waals surface area contributed by atoms with Gasteiger partial charge in [0.2, 0.25) is 0 Å². The fraction of sp³-hybridized carbons (Fsp3) is 0.103. The summed E-state index contributed by atoms with van der Waals surface area (Å²) in [5.74, 6) is 0. The Labute approximate surface area is 347 Å². The Hall–Kier alpha value is -6.96. The van der Waals surface area contributed by atoms with Crippen LogP contribution in [-0.2, 0) is 10.8 Å². The minimum absolute atomic E-state index is 0.0426. The van der Waals surface area contributed by atoms with Gasteiger partial charge in [-0.2, -0.15) is 0 Å². The molecule has 0 radical (unpaired) electrons. The molecule has 59 heavy (non-hydrogen) atoms. The van der Waals surface area contributed by atoms with Crippen LogP contribution in [0, 0.1) is 0 Å². The van der Waals surface area contributed by atoms with Crippen LogP contribution in [0.2, 0.25) is 0 Å². The maximum absolute atomic E-state index is 2.48. The zero-order chi connectivity index (χ0) is 39.9. The molecule has 282 valence electrons. The number of nitrogens with zero attached hydrogens (tertiary/aromatic N) is 1. The summed E-state index contributed by atoms with van der Waals surface area (Å²) in [6.07, 6.45) is 0. The van der Waals surface area contributed by atoms with E-state index in [4.69, 9.17) is 0 Å². The highest BCUT2D eigenvalue weighted by molar-refractivity contribution is 6.07. The molecule has 0 aliphatic heterocycles. The lowest BCUT2D eigenvalue weighted by atomic mass is 9.79. The minimum atomic E-state index is -0.204. The van der Waals surface area contributed by atoms with Gasteiger partial charge in [0.05, 0.1) is 5.69 Å². The number of anilines is 3. The molecule has 0 spiro atoms. The van der Waals surface area contributed by atoms with E-state index < -0.39 is 0 Å². The summed E-state index contributed by atoms with van der Waals surface area (Å²) in [5, 5.41) is 2.54. The minimum Gasteiger partial charge on any atom is -0.310 e. The van der Waals surface area contributed by atoms with Crippen LogP contribution in [0.25, 0.3) is 66.4 Å². The second-order valence-electron chi connectivity index (χ2n) is 17.3. The van der Waals surface area contributed by atoms with Crippen molar-refractivity contribution in [3.63, 3.8) is 0 Å². The van der Waals surface area contributed by atoms with E-state index in [-0.39, 0.29) is 10.8 Å². The quantitative estimate of drug-likeness (QED) is 0.163. The van der Waals surface area contributed by atoms with Crippen LogP contribution in [0.1, 0.15) is 49.9 Å². The Bertz CT molecular complexity index is 2980. The monoisotopic (exact) mass is 755 g/mol. The third-order valence-corrected chi connectivity index (χ3v) is 13.3. The normalized spacial score (nSPS) is 14.0. The van der Waals surface area contributed by atoms with Crippen molar-refractivity contribution in [3.8, 4) is 55.6 Å². The van der Waals surface area contributed by atoms with Crippen LogP contribution in [0.5, 0.6) is 0 Å². The van der Waals surface area contributed by atoms with Gasteiger partial charge in [0.1, 0.15) is 0 Å². The smallest absolute Gasteiger partial charge is 0.0546 e. The number of benzene rings is 9. The number of hydrogen-bond donors (Lipinski definition) is 0. The molecule has 2 aliphatic rings. The van der Waals surface area contributed by atoms with Gasteiger partial charge in [-0.15, -0.1) is 0 Å². The predicted molar refractivity (Wildman–Crippen MR) is 250 cm³/mol. The predicted octanol–water partition coefficient (Wildman–Crippen LogP) is 15.9. The van der Waals surface area contributed by atoms with Gasteiger partial charge in [-0.25, -0.2) is 0 Å². The van der Waals surface area contributed by atoms with Crippen molar-refractivity contribution < 1.29 is 0 Å². The highest BCUT2D eigenvalue weighted by Gasteiger charge is 2.39. The SMILES string of the molecule is CC1(C)c2ccccc2-c2ccc(-c3ccc4c(c3)C(C)(C)c3c-4cc(N(c4ccc(-c5ccccc5)cc4)c4ccc(-c5ccccc5)cc4)c4ccccc34)cc21. The summed E-state index contributed by atoms with van der Waals surface area (Å²) in [6.45, 7) is 9.56. The van der Waals surface area contributed by atoms with E-state index in [0.29, 0.717) is 0 Å². The Balaban J connectivity index is 1.06. The van der Waals surface area contributed by atoms with Crippen LogP contribution in [0.4, 0.5) is 17.1 Å².